The van der Waals surface area contributed by atoms with Gasteiger partial charge in [0.1, 0.15) is 5.76 Å². The molecule has 0 aliphatic carbocycles. The minimum Gasteiger partial charge on any atom is -0.467 e. The lowest BCUT2D eigenvalue weighted by Crippen LogP contribution is -2.44. The van der Waals surface area contributed by atoms with Crippen LogP contribution in [0, 0.1) is 5.41 Å². The fourth-order valence-corrected chi connectivity index (χ4v) is 5.26. The number of benzene rings is 1. The highest BCUT2D eigenvalue weighted by atomic mass is 16.3. The van der Waals surface area contributed by atoms with Gasteiger partial charge < -0.3 is 19.5 Å². The van der Waals surface area contributed by atoms with E-state index in [0.29, 0.717) is 18.0 Å². The molecule has 2 fully saturated rings. The molecule has 3 aliphatic heterocycles. The molecule has 1 aromatic heterocycles. The molecule has 0 saturated carbocycles. The van der Waals surface area contributed by atoms with Gasteiger partial charge in [0.15, 0.2) is 0 Å². The SMILES string of the molecule is CC1Cc2ccccc2N1Cc1occc1C(=O)N1CCC2(CCNC2)CC1. The Morgan fingerprint density at radius 3 is 2.82 bits per heavy atom. The Morgan fingerprint density at radius 1 is 1.21 bits per heavy atom. The summed E-state index contributed by atoms with van der Waals surface area (Å²) < 4.78 is 5.80. The minimum atomic E-state index is 0.129. The van der Waals surface area contributed by atoms with E-state index in [1.165, 1.54) is 17.7 Å². The Bertz CT molecular complexity index is 858. The second kappa shape index (κ2) is 6.96. The molecule has 1 amide bonds. The van der Waals surface area contributed by atoms with E-state index in [-0.39, 0.29) is 5.91 Å². The zero-order valence-electron chi connectivity index (χ0n) is 16.6. The zero-order valence-corrected chi connectivity index (χ0v) is 16.6. The molecule has 5 rings (SSSR count). The Labute approximate surface area is 166 Å². The van der Waals surface area contributed by atoms with Gasteiger partial charge in [-0.2, -0.15) is 0 Å². The lowest BCUT2D eigenvalue weighted by Gasteiger charge is -2.38. The van der Waals surface area contributed by atoms with Gasteiger partial charge in [-0.05, 0) is 62.3 Å². The first-order valence-electron chi connectivity index (χ1n) is 10.6. The fourth-order valence-electron chi connectivity index (χ4n) is 5.26. The van der Waals surface area contributed by atoms with Crippen LogP contribution in [0.15, 0.2) is 41.0 Å². The van der Waals surface area contributed by atoms with E-state index in [2.05, 4.69) is 41.4 Å². The maximum absolute atomic E-state index is 13.2. The predicted octanol–water partition coefficient (Wildman–Crippen LogP) is 3.45. The highest BCUT2D eigenvalue weighted by Gasteiger charge is 2.39. The van der Waals surface area contributed by atoms with Crippen LogP contribution in [0.1, 0.15) is 47.9 Å². The van der Waals surface area contributed by atoms with Crippen molar-refractivity contribution in [2.75, 3.05) is 31.1 Å². The lowest BCUT2D eigenvalue weighted by atomic mass is 9.78. The van der Waals surface area contributed by atoms with Crippen molar-refractivity contribution >= 4 is 11.6 Å². The molecule has 5 heteroatoms. The van der Waals surface area contributed by atoms with Crippen molar-refractivity contribution < 1.29 is 9.21 Å². The van der Waals surface area contributed by atoms with Gasteiger partial charge in [0.05, 0.1) is 18.4 Å². The number of furan rings is 1. The number of piperidine rings is 1. The number of hydrogen-bond donors (Lipinski definition) is 1. The second-order valence-corrected chi connectivity index (χ2v) is 8.79. The molecule has 2 saturated heterocycles. The van der Waals surface area contributed by atoms with Gasteiger partial charge >= 0.3 is 0 Å². The van der Waals surface area contributed by atoms with E-state index >= 15 is 0 Å². The molecule has 148 valence electrons. The number of fused-ring (bicyclic) bond motifs is 1. The number of amides is 1. The normalized spacial score (nSPS) is 23.4. The molecule has 4 heterocycles. The third kappa shape index (κ3) is 3.02. The maximum Gasteiger partial charge on any atom is 0.257 e. The van der Waals surface area contributed by atoms with Crippen molar-refractivity contribution in [3.63, 3.8) is 0 Å². The first-order valence-corrected chi connectivity index (χ1v) is 10.6. The number of carbonyl (C=O) groups is 1. The summed E-state index contributed by atoms with van der Waals surface area (Å²) in [5.74, 6) is 0.918. The van der Waals surface area contributed by atoms with Crippen molar-refractivity contribution in [3.8, 4) is 0 Å². The summed E-state index contributed by atoms with van der Waals surface area (Å²) in [6, 6.07) is 10.8. The van der Waals surface area contributed by atoms with Crippen molar-refractivity contribution in [1.29, 1.82) is 0 Å². The summed E-state index contributed by atoms with van der Waals surface area (Å²) in [5, 5.41) is 3.49. The zero-order chi connectivity index (χ0) is 19.1. The van der Waals surface area contributed by atoms with E-state index in [4.69, 9.17) is 4.42 Å². The molecular formula is C23H29N3O2. The fraction of sp³-hybridized carbons (Fsp3) is 0.522. The van der Waals surface area contributed by atoms with E-state index in [1.54, 1.807) is 6.26 Å². The largest absolute Gasteiger partial charge is 0.467 e. The van der Waals surface area contributed by atoms with Crippen LogP contribution in [-0.4, -0.2) is 43.0 Å². The smallest absolute Gasteiger partial charge is 0.257 e. The van der Waals surface area contributed by atoms with E-state index in [9.17, 15) is 4.79 Å². The summed E-state index contributed by atoms with van der Waals surface area (Å²) in [5.41, 5.74) is 3.79. The monoisotopic (exact) mass is 379 g/mol. The molecule has 3 aliphatic rings. The summed E-state index contributed by atoms with van der Waals surface area (Å²) >= 11 is 0. The Kier molecular flexibility index (Phi) is 4.43. The van der Waals surface area contributed by atoms with Gasteiger partial charge in [-0.3, -0.25) is 4.79 Å². The average molecular weight is 380 g/mol. The molecule has 2 aromatic rings. The highest BCUT2D eigenvalue weighted by Crippen LogP contribution is 2.38. The van der Waals surface area contributed by atoms with Gasteiger partial charge in [0, 0.05) is 31.4 Å². The van der Waals surface area contributed by atoms with Gasteiger partial charge in [-0.25, -0.2) is 0 Å². The van der Waals surface area contributed by atoms with Crippen LogP contribution < -0.4 is 10.2 Å². The first kappa shape index (κ1) is 17.8. The third-order valence-corrected chi connectivity index (χ3v) is 7.08. The summed E-state index contributed by atoms with van der Waals surface area (Å²) in [6.45, 7) is 6.83. The van der Waals surface area contributed by atoms with Crippen molar-refractivity contribution in [1.82, 2.24) is 10.2 Å². The number of nitrogens with zero attached hydrogens (tertiary/aromatic N) is 2. The summed E-state index contributed by atoms with van der Waals surface area (Å²) in [6.07, 6.45) is 6.17. The number of anilines is 1. The van der Waals surface area contributed by atoms with Crippen LogP contribution in [-0.2, 0) is 13.0 Å². The van der Waals surface area contributed by atoms with Crippen molar-refractivity contribution in [2.24, 2.45) is 5.41 Å². The molecule has 5 nitrogen and oxygen atoms in total. The quantitative estimate of drug-likeness (QED) is 0.887. The molecule has 1 aromatic carbocycles. The Balaban J connectivity index is 1.31. The Morgan fingerprint density at radius 2 is 2.04 bits per heavy atom. The lowest BCUT2D eigenvalue weighted by molar-refractivity contribution is 0.0605. The predicted molar refractivity (Wildman–Crippen MR) is 110 cm³/mol. The molecular weight excluding hydrogens is 350 g/mol. The van der Waals surface area contributed by atoms with Crippen LogP contribution in [0.25, 0.3) is 0 Å². The standard InChI is InChI=1S/C23H29N3O2/c1-17-14-18-4-2-3-5-20(18)26(17)15-21-19(6-13-28-21)22(27)25-11-8-23(9-12-25)7-10-24-16-23/h2-6,13,17,24H,7-12,14-16H2,1H3. The van der Waals surface area contributed by atoms with Crippen LogP contribution in [0.4, 0.5) is 5.69 Å². The number of hydrogen-bond acceptors (Lipinski definition) is 4. The minimum absolute atomic E-state index is 0.129. The summed E-state index contributed by atoms with van der Waals surface area (Å²) in [4.78, 5) is 17.6. The molecule has 1 unspecified atom stereocenters. The van der Waals surface area contributed by atoms with Crippen LogP contribution in [0.3, 0.4) is 0 Å². The van der Waals surface area contributed by atoms with Crippen LogP contribution in [0.5, 0.6) is 0 Å². The molecule has 1 spiro atoms. The number of rotatable bonds is 3. The number of likely N-dealkylation sites (tertiary alicyclic amines) is 1. The molecule has 1 atom stereocenters. The Hall–Kier alpha value is -2.27. The third-order valence-electron chi connectivity index (χ3n) is 7.08. The number of carbonyl (C=O) groups excluding carboxylic acids is 1. The molecule has 1 N–H and O–H groups in total. The van der Waals surface area contributed by atoms with Crippen LogP contribution >= 0.6 is 0 Å². The molecule has 0 radical (unpaired) electrons. The number of nitrogens with one attached hydrogen (secondary N) is 1. The molecule has 0 bridgehead atoms. The highest BCUT2D eigenvalue weighted by molar-refractivity contribution is 5.95. The van der Waals surface area contributed by atoms with E-state index in [1.807, 2.05) is 11.0 Å². The molecule has 28 heavy (non-hydrogen) atoms. The van der Waals surface area contributed by atoms with Crippen LogP contribution in [0.2, 0.25) is 0 Å². The maximum atomic E-state index is 13.2. The average Bonchev–Trinajstić information content (AvgIpc) is 3.43. The second-order valence-electron chi connectivity index (χ2n) is 8.79. The van der Waals surface area contributed by atoms with Gasteiger partial charge in [0.25, 0.3) is 5.91 Å². The van der Waals surface area contributed by atoms with Crippen molar-refractivity contribution in [3.05, 3.63) is 53.5 Å². The number of para-hydroxylation sites is 1. The van der Waals surface area contributed by atoms with E-state index < -0.39 is 0 Å². The topological polar surface area (TPSA) is 48.7 Å². The van der Waals surface area contributed by atoms with Gasteiger partial charge in [0.2, 0.25) is 0 Å². The van der Waals surface area contributed by atoms with E-state index in [0.717, 1.165) is 56.8 Å². The van der Waals surface area contributed by atoms with Gasteiger partial charge in [-0.1, -0.05) is 18.2 Å². The van der Waals surface area contributed by atoms with Gasteiger partial charge in [-0.15, -0.1) is 0 Å². The summed E-state index contributed by atoms with van der Waals surface area (Å²) in [7, 11) is 0. The first-order chi connectivity index (χ1) is 13.7. The van der Waals surface area contributed by atoms with Crippen molar-refractivity contribution in [2.45, 2.75) is 45.2 Å².